The third kappa shape index (κ3) is 6.13. The number of phenolic OH excluding ortho intramolecular Hbond substituents is 1. The lowest BCUT2D eigenvalue weighted by atomic mass is 10.2. The molecule has 0 fully saturated rings. The largest absolute Gasteiger partial charge is 0.502 e. The molecule has 2 aromatic rings. The average molecular weight is 453 g/mol. The minimum absolute atomic E-state index is 0.0235. The van der Waals surface area contributed by atoms with Crippen LogP contribution in [0.3, 0.4) is 0 Å². The number of hydrogen-bond donors (Lipinski definition) is 3. The second kappa shape index (κ2) is 9.55. The zero-order chi connectivity index (χ0) is 20.7. The molecule has 28 heavy (non-hydrogen) atoms. The molecule has 0 atom stereocenters. The summed E-state index contributed by atoms with van der Waals surface area (Å²) in [6.07, 6.45) is 0.741. The van der Waals surface area contributed by atoms with Gasteiger partial charge in [0.1, 0.15) is 5.82 Å². The van der Waals surface area contributed by atoms with Crippen molar-refractivity contribution in [1.29, 1.82) is 0 Å². The second-order valence-corrected chi connectivity index (χ2v) is 6.38. The number of carbonyl (C=O) groups is 2. The van der Waals surface area contributed by atoms with Crippen LogP contribution in [0.25, 0.3) is 0 Å². The van der Waals surface area contributed by atoms with Crippen molar-refractivity contribution in [2.45, 2.75) is 12.8 Å². The van der Waals surface area contributed by atoms with Crippen LogP contribution in [0.15, 0.2) is 46.0 Å². The summed E-state index contributed by atoms with van der Waals surface area (Å²) in [5.41, 5.74) is 2.07. The first-order chi connectivity index (χ1) is 13.3. The molecule has 146 valence electrons. The van der Waals surface area contributed by atoms with Gasteiger partial charge in [-0.25, -0.2) is 9.82 Å². The second-order valence-electron chi connectivity index (χ2n) is 5.47. The highest BCUT2D eigenvalue weighted by Gasteiger charge is 2.17. The van der Waals surface area contributed by atoms with Crippen LogP contribution in [0.4, 0.5) is 15.8 Å². The van der Waals surface area contributed by atoms with Crippen LogP contribution >= 0.6 is 15.9 Å². The van der Waals surface area contributed by atoms with E-state index < -0.39 is 34.0 Å². The monoisotopic (exact) mass is 452 g/mol. The van der Waals surface area contributed by atoms with E-state index in [0.717, 1.165) is 12.3 Å². The number of carbonyl (C=O) groups excluding carboxylic acids is 2. The van der Waals surface area contributed by atoms with E-state index in [-0.39, 0.29) is 18.4 Å². The van der Waals surface area contributed by atoms with Crippen molar-refractivity contribution in [2.24, 2.45) is 5.10 Å². The summed E-state index contributed by atoms with van der Waals surface area (Å²) in [7, 11) is 0. The number of benzene rings is 2. The Labute approximate surface area is 166 Å². The lowest BCUT2D eigenvalue weighted by Crippen LogP contribution is -2.20. The Kier molecular flexibility index (Phi) is 7.15. The molecule has 2 rings (SSSR count). The number of phenols is 1. The molecule has 0 aromatic heterocycles. The summed E-state index contributed by atoms with van der Waals surface area (Å²) >= 11 is 3.08. The Morgan fingerprint density at radius 3 is 2.50 bits per heavy atom. The molecular formula is C17H14BrFN4O5. The molecule has 2 amide bonds. The molecule has 0 unspecified atom stereocenters. The number of halogens is 2. The Morgan fingerprint density at radius 2 is 1.86 bits per heavy atom. The minimum atomic E-state index is -0.754. The van der Waals surface area contributed by atoms with Gasteiger partial charge in [-0.3, -0.25) is 19.7 Å². The van der Waals surface area contributed by atoms with Crippen LogP contribution in [0.2, 0.25) is 0 Å². The predicted molar refractivity (Wildman–Crippen MR) is 102 cm³/mol. The predicted octanol–water partition coefficient (Wildman–Crippen LogP) is 3.07. The maximum absolute atomic E-state index is 12.8. The van der Waals surface area contributed by atoms with Crippen molar-refractivity contribution in [3.8, 4) is 5.75 Å². The van der Waals surface area contributed by atoms with Gasteiger partial charge in [-0.05, 0) is 30.3 Å². The van der Waals surface area contributed by atoms with Crippen LogP contribution in [-0.2, 0) is 9.59 Å². The molecule has 0 aliphatic carbocycles. The molecule has 0 radical (unpaired) electrons. The third-order valence-electron chi connectivity index (χ3n) is 3.38. The first kappa shape index (κ1) is 21.0. The standard InChI is InChI=1S/C17H14BrFN4O5/c18-11-7-10(17(26)14(8-11)23(27)28)9-20-22-16(25)6-5-15(24)21-13-3-1-12(19)2-4-13/h1-4,7-9,26H,5-6H2,(H,21,24)(H,22,25). The number of hydrazone groups is 1. The summed E-state index contributed by atoms with van der Waals surface area (Å²) in [5, 5.41) is 26.8. The van der Waals surface area contributed by atoms with Gasteiger partial charge in [0.25, 0.3) is 0 Å². The summed E-state index contributed by atoms with van der Waals surface area (Å²) in [6.45, 7) is 0. The molecule has 2 aromatic carbocycles. The summed E-state index contributed by atoms with van der Waals surface area (Å²) in [6, 6.07) is 7.68. The maximum atomic E-state index is 12.8. The highest BCUT2D eigenvalue weighted by Crippen LogP contribution is 2.32. The van der Waals surface area contributed by atoms with Crippen molar-refractivity contribution in [3.05, 3.63) is 62.4 Å². The van der Waals surface area contributed by atoms with E-state index in [2.05, 4.69) is 31.8 Å². The molecule has 11 heteroatoms. The Balaban J connectivity index is 1.86. The molecule has 0 bridgehead atoms. The quantitative estimate of drug-likeness (QED) is 0.337. The first-order valence-corrected chi connectivity index (χ1v) is 8.60. The fourth-order valence-corrected chi connectivity index (χ4v) is 2.52. The van der Waals surface area contributed by atoms with Gasteiger partial charge >= 0.3 is 5.69 Å². The van der Waals surface area contributed by atoms with E-state index >= 15 is 0 Å². The Morgan fingerprint density at radius 1 is 1.21 bits per heavy atom. The molecule has 0 saturated carbocycles. The van der Waals surface area contributed by atoms with E-state index in [0.29, 0.717) is 10.2 Å². The maximum Gasteiger partial charge on any atom is 0.312 e. The highest BCUT2D eigenvalue weighted by atomic mass is 79.9. The van der Waals surface area contributed by atoms with Crippen LogP contribution in [-0.4, -0.2) is 28.1 Å². The number of nitrogens with one attached hydrogen (secondary N) is 2. The molecule has 0 saturated heterocycles. The highest BCUT2D eigenvalue weighted by molar-refractivity contribution is 9.10. The lowest BCUT2D eigenvalue weighted by Gasteiger charge is -2.05. The van der Waals surface area contributed by atoms with Gasteiger partial charge in [-0.2, -0.15) is 5.10 Å². The number of nitro benzene ring substituents is 1. The first-order valence-electron chi connectivity index (χ1n) is 7.80. The average Bonchev–Trinajstić information content (AvgIpc) is 2.64. The van der Waals surface area contributed by atoms with Crippen molar-refractivity contribution in [2.75, 3.05) is 5.32 Å². The van der Waals surface area contributed by atoms with Gasteiger partial charge in [0.2, 0.25) is 17.6 Å². The van der Waals surface area contributed by atoms with Crippen molar-refractivity contribution < 1.29 is 24.0 Å². The molecule has 0 spiro atoms. The summed E-state index contributed by atoms with van der Waals surface area (Å²) in [4.78, 5) is 33.6. The van der Waals surface area contributed by atoms with Gasteiger partial charge in [-0.15, -0.1) is 0 Å². The molecule has 0 heterocycles. The van der Waals surface area contributed by atoms with Crippen LogP contribution < -0.4 is 10.7 Å². The van der Waals surface area contributed by atoms with Crippen LogP contribution in [0.1, 0.15) is 18.4 Å². The van der Waals surface area contributed by atoms with Crippen LogP contribution in [0.5, 0.6) is 5.75 Å². The Bertz CT molecular complexity index is 934. The number of nitro groups is 1. The number of aromatic hydroxyl groups is 1. The Hall–Kier alpha value is -3.34. The van der Waals surface area contributed by atoms with Gasteiger partial charge < -0.3 is 10.4 Å². The minimum Gasteiger partial charge on any atom is -0.502 e. The van der Waals surface area contributed by atoms with Crippen LogP contribution in [0, 0.1) is 15.9 Å². The summed E-state index contributed by atoms with van der Waals surface area (Å²) in [5.74, 6) is -2.04. The molecular weight excluding hydrogens is 439 g/mol. The zero-order valence-corrected chi connectivity index (χ0v) is 15.8. The smallest absolute Gasteiger partial charge is 0.312 e. The molecule has 0 aliphatic heterocycles. The number of rotatable bonds is 7. The number of amides is 2. The normalized spacial score (nSPS) is 10.6. The number of anilines is 1. The zero-order valence-electron chi connectivity index (χ0n) is 14.2. The van der Waals surface area contributed by atoms with E-state index in [9.17, 15) is 29.2 Å². The fraction of sp³-hybridized carbons (Fsp3) is 0.118. The van der Waals surface area contributed by atoms with Gasteiger partial charge in [0.05, 0.1) is 11.1 Å². The third-order valence-corrected chi connectivity index (χ3v) is 3.84. The van der Waals surface area contributed by atoms with E-state index in [1.807, 2.05) is 0 Å². The fourth-order valence-electron chi connectivity index (χ4n) is 2.06. The van der Waals surface area contributed by atoms with E-state index in [1.54, 1.807) is 0 Å². The van der Waals surface area contributed by atoms with Gasteiger partial charge in [-0.1, -0.05) is 15.9 Å². The van der Waals surface area contributed by atoms with Gasteiger partial charge in [0.15, 0.2) is 0 Å². The number of nitrogens with zero attached hydrogens (tertiary/aromatic N) is 2. The van der Waals surface area contributed by atoms with E-state index in [4.69, 9.17) is 0 Å². The lowest BCUT2D eigenvalue weighted by molar-refractivity contribution is -0.385. The van der Waals surface area contributed by atoms with E-state index in [1.165, 1.54) is 30.3 Å². The van der Waals surface area contributed by atoms with Gasteiger partial charge in [0, 0.05) is 34.6 Å². The molecule has 3 N–H and O–H groups in total. The molecule has 9 nitrogen and oxygen atoms in total. The van der Waals surface area contributed by atoms with Crippen molar-refractivity contribution in [3.63, 3.8) is 0 Å². The molecule has 0 aliphatic rings. The summed E-state index contributed by atoms with van der Waals surface area (Å²) < 4.78 is 13.1. The SMILES string of the molecule is O=C(CCC(=O)Nc1ccc(F)cc1)NN=Cc1cc(Br)cc([N+](=O)[O-])c1O. The number of hydrogen-bond acceptors (Lipinski definition) is 6. The topological polar surface area (TPSA) is 134 Å². The van der Waals surface area contributed by atoms with Crippen molar-refractivity contribution >= 4 is 45.3 Å². The van der Waals surface area contributed by atoms with Crippen molar-refractivity contribution in [1.82, 2.24) is 5.43 Å².